The fourth-order valence-corrected chi connectivity index (χ4v) is 6.07. The van der Waals surface area contributed by atoms with Gasteiger partial charge in [0.25, 0.3) is 5.56 Å². The average molecular weight is 490 g/mol. The summed E-state index contributed by atoms with van der Waals surface area (Å²) in [7, 11) is 1.79. The molecule has 2 aromatic heterocycles. The molecule has 0 unspecified atom stereocenters. The minimum atomic E-state index is 0.0158. The van der Waals surface area contributed by atoms with E-state index in [-0.39, 0.29) is 11.5 Å². The highest BCUT2D eigenvalue weighted by atomic mass is 16.2. The number of aromatic nitrogens is 3. The van der Waals surface area contributed by atoms with Crippen molar-refractivity contribution < 1.29 is 4.79 Å². The van der Waals surface area contributed by atoms with E-state index in [1.54, 1.807) is 11.6 Å². The van der Waals surface area contributed by atoms with Crippen LogP contribution in [0, 0.1) is 18.8 Å². The van der Waals surface area contributed by atoms with Crippen LogP contribution in [0.5, 0.6) is 0 Å². The lowest BCUT2D eigenvalue weighted by Gasteiger charge is -2.39. The van der Waals surface area contributed by atoms with E-state index in [0.29, 0.717) is 23.4 Å². The number of rotatable bonds is 5. The summed E-state index contributed by atoms with van der Waals surface area (Å²) in [5.41, 5.74) is 3.74. The van der Waals surface area contributed by atoms with Gasteiger partial charge in [-0.15, -0.1) is 0 Å². The van der Waals surface area contributed by atoms with E-state index in [2.05, 4.69) is 40.3 Å². The van der Waals surface area contributed by atoms with Crippen molar-refractivity contribution in [1.82, 2.24) is 23.9 Å². The summed E-state index contributed by atoms with van der Waals surface area (Å²) >= 11 is 0. The number of nitrogens with zero attached hydrogens (tertiary/aromatic N) is 5. The van der Waals surface area contributed by atoms with E-state index >= 15 is 0 Å². The highest BCUT2D eigenvalue weighted by Gasteiger charge is 2.32. The van der Waals surface area contributed by atoms with Gasteiger partial charge in [0.05, 0.1) is 11.0 Å². The number of pyridine rings is 1. The van der Waals surface area contributed by atoms with E-state index in [0.717, 1.165) is 80.8 Å². The summed E-state index contributed by atoms with van der Waals surface area (Å²) in [5.74, 6) is 1.78. The van der Waals surface area contributed by atoms with Crippen molar-refractivity contribution in [3.05, 3.63) is 52.4 Å². The quantitative estimate of drug-likeness (QED) is 0.542. The van der Waals surface area contributed by atoms with Gasteiger partial charge in [-0.05, 0) is 83.7 Å². The second kappa shape index (κ2) is 10.2. The number of carbonyl (C=O) groups is 1. The minimum absolute atomic E-state index is 0.0158. The van der Waals surface area contributed by atoms with Gasteiger partial charge in [0.1, 0.15) is 5.82 Å². The van der Waals surface area contributed by atoms with Crippen LogP contribution < -0.4 is 5.56 Å². The van der Waals surface area contributed by atoms with E-state index < -0.39 is 0 Å². The first-order chi connectivity index (χ1) is 17.3. The summed E-state index contributed by atoms with van der Waals surface area (Å²) < 4.78 is 3.94. The molecule has 0 saturated carbocycles. The number of fused-ring (bicyclic) bond motifs is 1. The molecule has 0 radical (unpaired) electrons. The van der Waals surface area contributed by atoms with E-state index in [4.69, 9.17) is 4.98 Å². The Kier molecular flexibility index (Phi) is 7.02. The number of aryl methyl sites for hydroxylation is 2. The lowest BCUT2D eigenvalue weighted by molar-refractivity contribution is -0.139. The number of benzene rings is 1. The molecule has 0 N–H and O–H groups in total. The molecule has 3 aromatic rings. The molecule has 0 spiro atoms. The topological polar surface area (TPSA) is 63.4 Å². The second-order valence-corrected chi connectivity index (χ2v) is 11.1. The normalized spacial score (nSPS) is 19.9. The average Bonchev–Trinajstić information content (AvgIpc) is 3.25. The Balaban J connectivity index is 1.37. The summed E-state index contributed by atoms with van der Waals surface area (Å²) in [6.07, 6.45) is 5.98. The van der Waals surface area contributed by atoms with Crippen molar-refractivity contribution in [3.8, 4) is 11.4 Å². The van der Waals surface area contributed by atoms with Crippen LogP contribution in [-0.2, 0) is 18.4 Å². The van der Waals surface area contributed by atoms with Gasteiger partial charge in [-0.2, -0.15) is 0 Å². The lowest BCUT2D eigenvalue weighted by atomic mass is 9.91. The molecule has 5 rings (SSSR count). The standard InChI is InChI=1S/C29H39N5O2/c1-20(2)32-14-11-23(12-15-32)29(36)33-13-7-8-22(17-33)18-34-26-10-6-5-9-25(26)30-27(34)24-16-21(3)28(35)31(4)19-24/h5-6,9-10,16,19-20,22-23H,7-8,11-15,17-18H2,1-4H3/t22-/m1/s1. The first-order valence-corrected chi connectivity index (χ1v) is 13.5. The molecule has 1 amide bonds. The molecule has 36 heavy (non-hydrogen) atoms. The fourth-order valence-electron chi connectivity index (χ4n) is 6.07. The molecule has 2 aliphatic heterocycles. The molecular formula is C29H39N5O2. The minimum Gasteiger partial charge on any atom is -0.342 e. The van der Waals surface area contributed by atoms with Gasteiger partial charge in [-0.25, -0.2) is 4.98 Å². The van der Waals surface area contributed by atoms with Gasteiger partial charge >= 0.3 is 0 Å². The van der Waals surface area contributed by atoms with E-state index in [1.165, 1.54) is 0 Å². The van der Waals surface area contributed by atoms with Crippen LogP contribution >= 0.6 is 0 Å². The summed E-state index contributed by atoms with van der Waals surface area (Å²) in [6.45, 7) is 10.9. The van der Waals surface area contributed by atoms with Gasteiger partial charge in [0.15, 0.2) is 0 Å². The van der Waals surface area contributed by atoms with Gasteiger partial charge in [-0.1, -0.05) is 12.1 Å². The Morgan fingerprint density at radius 2 is 1.86 bits per heavy atom. The predicted molar refractivity (Wildman–Crippen MR) is 144 cm³/mol. The van der Waals surface area contributed by atoms with Crippen molar-refractivity contribution in [2.45, 2.75) is 59.0 Å². The number of amides is 1. The van der Waals surface area contributed by atoms with Crippen LogP contribution in [0.3, 0.4) is 0 Å². The number of piperidine rings is 2. The number of carbonyl (C=O) groups excluding carboxylic acids is 1. The predicted octanol–water partition coefficient (Wildman–Crippen LogP) is 4.07. The second-order valence-electron chi connectivity index (χ2n) is 11.1. The van der Waals surface area contributed by atoms with Crippen LogP contribution in [0.25, 0.3) is 22.4 Å². The monoisotopic (exact) mass is 489 g/mol. The first-order valence-electron chi connectivity index (χ1n) is 13.5. The maximum Gasteiger partial charge on any atom is 0.253 e. The number of hydrogen-bond donors (Lipinski definition) is 0. The molecule has 7 heteroatoms. The Hall–Kier alpha value is -2.93. The number of imidazole rings is 1. The first kappa shape index (κ1) is 24.8. The van der Waals surface area contributed by atoms with Crippen molar-refractivity contribution >= 4 is 16.9 Å². The Bertz CT molecular complexity index is 1270. The summed E-state index contributed by atoms with van der Waals surface area (Å²) in [5, 5.41) is 0. The Labute approximate surface area is 213 Å². The zero-order valence-electron chi connectivity index (χ0n) is 22.1. The maximum absolute atomic E-state index is 13.4. The number of hydrogen-bond acceptors (Lipinski definition) is 4. The Morgan fingerprint density at radius 1 is 1.11 bits per heavy atom. The van der Waals surface area contributed by atoms with E-state index in [1.807, 2.05) is 31.3 Å². The SMILES string of the molecule is Cc1cc(-c2nc3ccccc3n2C[C@@H]2CCCN(C(=O)C3CCN(C(C)C)CC3)C2)cn(C)c1=O. The van der Waals surface area contributed by atoms with Crippen LogP contribution in [0.15, 0.2) is 41.3 Å². The van der Waals surface area contributed by atoms with Crippen LogP contribution in [0.4, 0.5) is 0 Å². The third-order valence-corrected chi connectivity index (χ3v) is 8.16. The number of likely N-dealkylation sites (tertiary alicyclic amines) is 2. The largest absolute Gasteiger partial charge is 0.342 e. The smallest absolute Gasteiger partial charge is 0.253 e. The van der Waals surface area contributed by atoms with Crippen molar-refractivity contribution in [1.29, 1.82) is 0 Å². The fraction of sp³-hybridized carbons (Fsp3) is 0.552. The third-order valence-electron chi connectivity index (χ3n) is 8.16. The van der Waals surface area contributed by atoms with Crippen molar-refractivity contribution in [2.24, 2.45) is 18.9 Å². The van der Waals surface area contributed by atoms with Crippen LogP contribution in [0.2, 0.25) is 0 Å². The molecule has 192 valence electrons. The van der Waals surface area contributed by atoms with Crippen molar-refractivity contribution in [2.75, 3.05) is 26.2 Å². The zero-order valence-corrected chi connectivity index (χ0v) is 22.1. The maximum atomic E-state index is 13.4. The van der Waals surface area contributed by atoms with Crippen molar-refractivity contribution in [3.63, 3.8) is 0 Å². The van der Waals surface area contributed by atoms with Gasteiger partial charge in [0, 0.05) is 56.0 Å². The lowest BCUT2D eigenvalue weighted by Crippen LogP contribution is -2.47. The van der Waals surface area contributed by atoms with Crippen LogP contribution in [0.1, 0.15) is 45.1 Å². The molecule has 1 atom stereocenters. The molecule has 7 nitrogen and oxygen atoms in total. The van der Waals surface area contributed by atoms with Gasteiger partial charge in [-0.3, -0.25) is 9.59 Å². The summed E-state index contributed by atoms with van der Waals surface area (Å²) in [6, 6.07) is 10.7. The third kappa shape index (κ3) is 4.85. The van der Waals surface area contributed by atoms with Gasteiger partial charge < -0.3 is 18.9 Å². The summed E-state index contributed by atoms with van der Waals surface area (Å²) in [4.78, 5) is 35.3. The van der Waals surface area contributed by atoms with Gasteiger partial charge in [0.2, 0.25) is 5.91 Å². The zero-order chi connectivity index (χ0) is 25.4. The number of para-hydroxylation sites is 2. The van der Waals surface area contributed by atoms with E-state index in [9.17, 15) is 9.59 Å². The molecule has 0 bridgehead atoms. The highest BCUT2D eigenvalue weighted by molar-refractivity contribution is 5.81. The molecule has 0 aliphatic carbocycles. The Morgan fingerprint density at radius 3 is 2.58 bits per heavy atom. The van der Waals surface area contributed by atoms with Crippen LogP contribution in [-0.4, -0.2) is 62.0 Å². The molecule has 2 fully saturated rings. The highest BCUT2D eigenvalue weighted by Crippen LogP contribution is 2.29. The molecular weight excluding hydrogens is 450 g/mol. The molecule has 2 saturated heterocycles. The molecule has 2 aliphatic rings. The molecule has 4 heterocycles. The molecule has 1 aromatic carbocycles.